The summed E-state index contributed by atoms with van der Waals surface area (Å²) in [5.41, 5.74) is 11.3. The van der Waals surface area contributed by atoms with Gasteiger partial charge in [0.15, 0.2) is 0 Å². The minimum atomic E-state index is -1.15. The van der Waals surface area contributed by atoms with E-state index in [1.807, 2.05) is 60.7 Å². The van der Waals surface area contributed by atoms with Gasteiger partial charge in [-0.15, -0.1) is 11.8 Å². The largest absolute Gasteiger partial charge is 0.368 e. The summed E-state index contributed by atoms with van der Waals surface area (Å²) in [6.45, 7) is 0. The molecule has 0 saturated carbocycles. The highest BCUT2D eigenvalue weighted by Crippen LogP contribution is 2.27. The van der Waals surface area contributed by atoms with Gasteiger partial charge in [-0.05, 0) is 17.7 Å². The predicted molar refractivity (Wildman–Crippen MR) is 78.7 cm³/mol. The van der Waals surface area contributed by atoms with Crippen LogP contribution < -0.4 is 11.5 Å². The number of hydrogen-bond acceptors (Lipinski definition) is 3. The standard InChI is InChI=1S/C15H16N2OS/c16-14(18)15(17,12-7-3-1-4-8-12)11-19-13-9-5-2-6-10-13/h1-10H,11,17H2,(H2,16,18). The SMILES string of the molecule is NC(=O)C(N)(CSc1ccccc1)c1ccccc1. The van der Waals surface area contributed by atoms with Crippen LogP contribution in [-0.4, -0.2) is 11.7 Å². The Morgan fingerprint density at radius 2 is 1.53 bits per heavy atom. The molecule has 0 aliphatic carbocycles. The Hall–Kier alpha value is -1.78. The van der Waals surface area contributed by atoms with E-state index in [4.69, 9.17) is 11.5 Å². The Balaban J connectivity index is 2.19. The fraction of sp³-hybridized carbons (Fsp3) is 0.133. The number of hydrogen-bond donors (Lipinski definition) is 2. The van der Waals surface area contributed by atoms with Crippen LogP contribution in [0.15, 0.2) is 65.6 Å². The van der Waals surface area contributed by atoms with E-state index in [1.54, 1.807) is 0 Å². The number of thioether (sulfide) groups is 1. The molecule has 19 heavy (non-hydrogen) atoms. The summed E-state index contributed by atoms with van der Waals surface area (Å²) in [6, 6.07) is 19.1. The molecule has 0 aliphatic rings. The Labute approximate surface area is 117 Å². The van der Waals surface area contributed by atoms with Crippen LogP contribution in [0.3, 0.4) is 0 Å². The summed E-state index contributed by atoms with van der Waals surface area (Å²) < 4.78 is 0. The highest BCUT2D eigenvalue weighted by molar-refractivity contribution is 7.99. The smallest absolute Gasteiger partial charge is 0.243 e. The molecule has 2 aromatic rings. The first kappa shape index (κ1) is 13.6. The Kier molecular flexibility index (Phi) is 4.24. The summed E-state index contributed by atoms with van der Waals surface area (Å²) in [5.74, 6) is -0.0989. The molecule has 0 radical (unpaired) electrons. The number of rotatable bonds is 5. The molecule has 0 saturated heterocycles. The lowest BCUT2D eigenvalue weighted by Crippen LogP contribution is -2.51. The maximum atomic E-state index is 11.7. The van der Waals surface area contributed by atoms with Crippen LogP contribution in [0.25, 0.3) is 0 Å². The van der Waals surface area contributed by atoms with Gasteiger partial charge in [0.05, 0.1) is 0 Å². The van der Waals surface area contributed by atoms with Crippen molar-refractivity contribution in [3.8, 4) is 0 Å². The lowest BCUT2D eigenvalue weighted by atomic mass is 9.92. The Morgan fingerprint density at radius 1 is 1.00 bits per heavy atom. The highest BCUT2D eigenvalue weighted by atomic mass is 32.2. The zero-order chi connectivity index (χ0) is 13.7. The van der Waals surface area contributed by atoms with Crippen LogP contribution in [0.1, 0.15) is 5.56 Å². The molecule has 0 heterocycles. The number of carbonyl (C=O) groups excluding carboxylic acids is 1. The van der Waals surface area contributed by atoms with Crippen molar-refractivity contribution in [2.45, 2.75) is 10.4 Å². The normalized spacial score (nSPS) is 13.7. The molecule has 0 aromatic heterocycles. The van der Waals surface area contributed by atoms with Crippen molar-refractivity contribution in [2.75, 3.05) is 5.75 Å². The van der Waals surface area contributed by atoms with Gasteiger partial charge in [-0.2, -0.15) is 0 Å². The molecule has 1 atom stereocenters. The van der Waals surface area contributed by atoms with Crippen molar-refractivity contribution < 1.29 is 4.79 Å². The monoisotopic (exact) mass is 272 g/mol. The second-order valence-corrected chi connectivity index (χ2v) is 5.35. The van der Waals surface area contributed by atoms with Crippen LogP contribution in [0.2, 0.25) is 0 Å². The maximum Gasteiger partial charge on any atom is 0.243 e. The van der Waals surface area contributed by atoms with Gasteiger partial charge in [-0.3, -0.25) is 4.79 Å². The number of carbonyl (C=O) groups is 1. The number of amides is 1. The first-order valence-electron chi connectivity index (χ1n) is 5.95. The third-order valence-corrected chi connectivity index (χ3v) is 4.14. The molecule has 2 aromatic carbocycles. The summed E-state index contributed by atoms with van der Waals surface area (Å²) in [5, 5.41) is 0. The third kappa shape index (κ3) is 3.16. The second-order valence-electron chi connectivity index (χ2n) is 4.30. The van der Waals surface area contributed by atoms with Crippen molar-refractivity contribution in [2.24, 2.45) is 11.5 Å². The Morgan fingerprint density at radius 3 is 2.05 bits per heavy atom. The molecule has 0 fully saturated rings. The molecular weight excluding hydrogens is 256 g/mol. The average Bonchev–Trinajstić information content (AvgIpc) is 2.46. The van der Waals surface area contributed by atoms with E-state index in [0.29, 0.717) is 5.75 Å². The molecule has 98 valence electrons. The van der Waals surface area contributed by atoms with E-state index in [2.05, 4.69) is 0 Å². The van der Waals surface area contributed by atoms with Gasteiger partial charge >= 0.3 is 0 Å². The van der Waals surface area contributed by atoms with Crippen LogP contribution in [0.5, 0.6) is 0 Å². The van der Waals surface area contributed by atoms with Crippen molar-refractivity contribution in [1.29, 1.82) is 0 Å². The van der Waals surface area contributed by atoms with E-state index < -0.39 is 11.4 Å². The van der Waals surface area contributed by atoms with Crippen LogP contribution in [-0.2, 0) is 10.3 Å². The Bertz CT molecular complexity index is 545. The topological polar surface area (TPSA) is 69.1 Å². The predicted octanol–water partition coefficient (Wildman–Crippen LogP) is 2.12. The van der Waals surface area contributed by atoms with Gasteiger partial charge in [-0.1, -0.05) is 48.5 Å². The summed E-state index contributed by atoms with van der Waals surface area (Å²) in [4.78, 5) is 12.8. The molecule has 3 nitrogen and oxygen atoms in total. The summed E-state index contributed by atoms with van der Waals surface area (Å²) >= 11 is 1.52. The lowest BCUT2D eigenvalue weighted by molar-refractivity contribution is -0.122. The lowest BCUT2D eigenvalue weighted by Gasteiger charge is -2.26. The zero-order valence-electron chi connectivity index (χ0n) is 10.5. The molecule has 4 heteroatoms. The second kappa shape index (κ2) is 5.91. The van der Waals surface area contributed by atoms with Gasteiger partial charge < -0.3 is 11.5 Å². The van der Waals surface area contributed by atoms with Crippen LogP contribution in [0, 0.1) is 0 Å². The molecule has 1 unspecified atom stereocenters. The minimum Gasteiger partial charge on any atom is -0.368 e. The van der Waals surface area contributed by atoms with Gasteiger partial charge in [-0.25, -0.2) is 0 Å². The van der Waals surface area contributed by atoms with Gasteiger partial charge in [0.1, 0.15) is 5.54 Å². The molecule has 0 aliphatic heterocycles. The van der Waals surface area contributed by atoms with Crippen LogP contribution >= 0.6 is 11.8 Å². The quantitative estimate of drug-likeness (QED) is 0.819. The third-order valence-electron chi connectivity index (χ3n) is 2.94. The fourth-order valence-electron chi connectivity index (χ4n) is 1.75. The van der Waals surface area contributed by atoms with Gasteiger partial charge in [0, 0.05) is 10.6 Å². The zero-order valence-corrected chi connectivity index (χ0v) is 11.3. The molecule has 0 spiro atoms. The van der Waals surface area contributed by atoms with Crippen molar-refractivity contribution >= 4 is 17.7 Å². The number of benzene rings is 2. The maximum absolute atomic E-state index is 11.7. The first-order chi connectivity index (χ1) is 9.13. The number of primary amides is 1. The fourth-order valence-corrected chi connectivity index (χ4v) is 2.80. The van der Waals surface area contributed by atoms with Gasteiger partial charge in [0.25, 0.3) is 0 Å². The molecular formula is C15H16N2OS. The van der Waals surface area contributed by atoms with Gasteiger partial charge in [0.2, 0.25) is 5.91 Å². The molecule has 1 amide bonds. The van der Waals surface area contributed by atoms with Crippen LogP contribution in [0.4, 0.5) is 0 Å². The van der Waals surface area contributed by atoms with E-state index >= 15 is 0 Å². The highest BCUT2D eigenvalue weighted by Gasteiger charge is 2.33. The van der Waals surface area contributed by atoms with E-state index in [0.717, 1.165) is 10.5 Å². The summed E-state index contributed by atoms with van der Waals surface area (Å²) in [7, 11) is 0. The van der Waals surface area contributed by atoms with E-state index in [1.165, 1.54) is 11.8 Å². The van der Waals surface area contributed by atoms with Crippen molar-refractivity contribution in [3.05, 3.63) is 66.2 Å². The molecule has 0 bridgehead atoms. The van der Waals surface area contributed by atoms with Crippen molar-refractivity contribution in [3.63, 3.8) is 0 Å². The van der Waals surface area contributed by atoms with Crippen molar-refractivity contribution in [1.82, 2.24) is 0 Å². The summed E-state index contributed by atoms with van der Waals surface area (Å²) in [6.07, 6.45) is 0. The van der Waals surface area contributed by atoms with E-state index in [-0.39, 0.29) is 0 Å². The average molecular weight is 272 g/mol. The number of nitrogens with two attached hydrogens (primary N) is 2. The molecule has 4 N–H and O–H groups in total. The molecule has 2 rings (SSSR count). The minimum absolute atomic E-state index is 0.413. The van der Waals surface area contributed by atoms with E-state index in [9.17, 15) is 4.79 Å². The first-order valence-corrected chi connectivity index (χ1v) is 6.93.